The van der Waals surface area contributed by atoms with Crippen LogP contribution >= 0.6 is 0 Å². The highest BCUT2D eigenvalue weighted by Crippen LogP contribution is 2.51. The van der Waals surface area contributed by atoms with Gasteiger partial charge in [0.1, 0.15) is 11.6 Å². The lowest BCUT2D eigenvalue weighted by Crippen LogP contribution is -2.17. The number of nitrogens with zero attached hydrogens (tertiary/aromatic N) is 1. The maximum Gasteiger partial charge on any atom is 0.213 e. The van der Waals surface area contributed by atoms with Gasteiger partial charge in [-0.15, -0.1) is 0 Å². The van der Waals surface area contributed by atoms with Gasteiger partial charge in [-0.25, -0.2) is 13.8 Å². The normalized spacial score (nSPS) is 19.2. The first-order chi connectivity index (χ1) is 11.9. The summed E-state index contributed by atoms with van der Waals surface area (Å²) in [6.07, 6.45) is 5.06. The lowest BCUT2D eigenvalue weighted by atomic mass is 9.75. The zero-order valence-electron chi connectivity index (χ0n) is 15.3. The minimum absolute atomic E-state index is 0.116. The van der Waals surface area contributed by atoms with Gasteiger partial charge in [0.05, 0.1) is 13.3 Å². The van der Waals surface area contributed by atoms with Crippen LogP contribution in [0, 0.1) is 17.0 Å². The molecule has 0 bridgehead atoms. The average molecular weight is 345 g/mol. The second-order valence-electron chi connectivity index (χ2n) is 7.52. The summed E-state index contributed by atoms with van der Waals surface area (Å²) in [5.74, 6) is -0.131. The van der Waals surface area contributed by atoms with E-state index in [1.807, 2.05) is 13.0 Å². The molecule has 1 saturated carbocycles. The lowest BCUT2D eigenvalue weighted by Gasteiger charge is -2.30. The van der Waals surface area contributed by atoms with E-state index in [1.165, 1.54) is 13.2 Å². The van der Waals surface area contributed by atoms with Crippen molar-refractivity contribution < 1.29 is 13.5 Å². The molecule has 0 spiro atoms. The third-order valence-electron chi connectivity index (χ3n) is 5.56. The first-order valence-corrected chi connectivity index (χ1v) is 8.89. The van der Waals surface area contributed by atoms with Crippen LogP contribution in [0.15, 0.2) is 24.4 Å². The van der Waals surface area contributed by atoms with Gasteiger partial charge in [-0.3, -0.25) is 0 Å². The molecule has 0 radical (unpaired) electrons. The van der Waals surface area contributed by atoms with Crippen LogP contribution in [-0.2, 0) is 6.42 Å². The number of pyridine rings is 1. The van der Waals surface area contributed by atoms with Crippen LogP contribution in [0.3, 0.4) is 0 Å². The summed E-state index contributed by atoms with van der Waals surface area (Å²) in [5, 5.41) is 0. The number of rotatable bonds is 4. The maximum absolute atomic E-state index is 14.5. The number of aromatic nitrogens is 1. The number of halogens is 2. The van der Waals surface area contributed by atoms with Crippen LogP contribution in [0.5, 0.6) is 5.88 Å². The van der Waals surface area contributed by atoms with Crippen molar-refractivity contribution in [2.24, 2.45) is 5.41 Å². The second kappa shape index (κ2) is 6.74. The molecule has 4 heteroatoms. The lowest BCUT2D eigenvalue weighted by molar-refractivity contribution is 0.332. The Hall–Kier alpha value is -1.97. The monoisotopic (exact) mass is 345 g/mol. The van der Waals surface area contributed by atoms with E-state index in [4.69, 9.17) is 4.74 Å². The summed E-state index contributed by atoms with van der Waals surface area (Å²) < 4.78 is 34.2. The Morgan fingerprint density at radius 1 is 1.16 bits per heavy atom. The summed E-state index contributed by atoms with van der Waals surface area (Å²) in [6, 6.07) is 4.98. The van der Waals surface area contributed by atoms with Crippen molar-refractivity contribution in [2.45, 2.75) is 52.4 Å². The molecule has 1 heterocycles. The van der Waals surface area contributed by atoms with Gasteiger partial charge in [0.25, 0.3) is 0 Å². The fourth-order valence-electron chi connectivity index (χ4n) is 4.07. The van der Waals surface area contributed by atoms with Crippen LogP contribution in [0.1, 0.15) is 57.1 Å². The molecular weight excluding hydrogens is 320 g/mol. The molecule has 1 atom stereocenters. The number of hydrogen-bond donors (Lipinski definition) is 0. The van der Waals surface area contributed by atoms with Gasteiger partial charge < -0.3 is 4.74 Å². The van der Waals surface area contributed by atoms with Gasteiger partial charge in [0.15, 0.2) is 0 Å². The minimum atomic E-state index is -0.457. The van der Waals surface area contributed by atoms with E-state index in [-0.39, 0.29) is 17.2 Å². The van der Waals surface area contributed by atoms with Crippen molar-refractivity contribution in [2.75, 3.05) is 7.11 Å². The minimum Gasteiger partial charge on any atom is -0.481 e. The third-order valence-corrected chi connectivity index (χ3v) is 5.56. The van der Waals surface area contributed by atoms with Crippen molar-refractivity contribution in [1.82, 2.24) is 4.98 Å². The Kier molecular flexibility index (Phi) is 4.81. The van der Waals surface area contributed by atoms with E-state index in [9.17, 15) is 8.78 Å². The smallest absolute Gasteiger partial charge is 0.213 e. The quantitative estimate of drug-likeness (QED) is 0.689. The predicted molar refractivity (Wildman–Crippen MR) is 95.9 cm³/mol. The topological polar surface area (TPSA) is 22.1 Å². The number of ether oxygens (including phenoxy) is 1. The molecule has 1 aromatic heterocycles. The molecule has 0 aliphatic heterocycles. The molecule has 1 fully saturated rings. The van der Waals surface area contributed by atoms with Crippen molar-refractivity contribution in [1.29, 1.82) is 0 Å². The fourth-order valence-corrected chi connectivity index (χ4v) is 4.07. The molecule has 134 valence electrons. The number of methoxy groups -OCH3 is 1. The van der Waals surface area contributed by atoms with Crippen LogP contribution in [0.4, 0.5) is 8.78 Å². The van der Waals surface area contributed by atoms with E-state index in [2.05, 4.69) is 18.8 Å². The van der Waals surface area contributed by atoms with Gasteiger partial charge in [0, 0.05) is 11.6 Å². The van der Waals surface area contributed by atoms with E-state index in [0.717, 1.165) is 31.0 Å². The summed E-state index contributed by atoms with van der Waals surface area (Å²) in [6.45, 7) is 6.43. The highest BCUT2D eigenvalue weighted by molar-refractivity contribution is 5.70. The molecule has 3 rings (SSSR count). The number of hydrogen-bond acceptors (Lipinski definition) is 2. The molecule has 1 aliphatic carbocycles. The zero-order chi connectivity index (χ0) is 18.2. The Balaban J connectivity index is 2.24. The van der Waals surface area contributed by atoms with Crippen molar-refractivity contribution in [3.63, 3.8) is 0 Å². The highest BCUT2D eigenvalue weighted by atomic mass is 19.1. The largest absolute Gasteiger partial charge is 0.481 e. The second-order valence-corrected chi connectivity index (χ2v) is 7.52. The van der Waals surface area contributed by atoms with E-state index >= 15 is 0 Å². The summed E-state index contributed by atoms with van der Waals surface area (Å²) >= 11 is 0. The SMILES string of the molecule is CCc1cc(C2CCCC2(C)C)c(-c2cc(OC)ncc2F)cc1F. The fraction of sp³-hybridized carbons (Fsp3) is 0.476. The maximum atomic E-state index is 14.5. The molecular formula is C21H25F2NO. The van der Waals surface area contributed by atoms with Crippen molar-refractivity contribution in [3.05, 3.63) is 47.2 Å². The average Bonchev–Trinajstić information content (AvgIpc) is 2.94. The Labute approximate surface area is 148 Å². The van der Waals surface area contributed by atoms with Crippen LogP contribution in [0.2, 0.25) is 0 Å². The van der Waals surface area contributed by atoms with E-state index < -0.39 is 5.82 Å². The van der Waals surface area contributed by atoms with Crippen LogP contribution < -0.4 is 4.74 Å². The van der Waals surface area contributed by atoms with Gasteiger partial charge >= 0.3 is 0 Å². The Morgan fingerprint density at radius 3 is 2.52 bits per heavy atom. The van der Waals surface area contributed by atoms with Crippen LogP contribution in [0.25, 0.3) is 11.1 Å². The molecule has 0 amide bonds. The van der Waals surface area contributed by atoms with E-state index in [1.54, 1.807) is 6.07 Å². The first-order valence-electron chi connectivity index (χ1n) is 8.89. The van der Waals surface area contributed by atoms with Gasteiger partial charge in [0.2, 0.25) is 5.88 Å². The predicted octanol–water partition coefficient (Wildman–Crippen LogP) is 5.89. The third kappa shape index (κ3) is 3.26. The molecule has 1 aliphatic rings. The number of aryl methyl sites for hydroxylation is 1. The standard InChI is InChI=1S/C21H25F2NO/c1-5-13-9-15(17-7-6-8-21(17,2)3)14(10-18(13)22)16-11-20(25-4)24-12-19(16)23/h9-12,17H,5-8H2,1-4H3. The molecule has 0 N–H and O–H groups in total. The summed E-state index contributed by atoms with van der Waals surface area (Å²) in [7, 11) is 1.49. The molecule has 2 aromatic rings. The number of benzene rings is 1. The molecule has 0 saturated heterocycles. The Morgan fingerprint density at radius 2 is 1.92 bits per heavy atom. The van der Waals surface area contributed by atoms with Crippen molar-refractivity contribution in [3.8, 4) is 17.0 Å². The van der Waals surface area contributed by atoms with Crippen LogP contribution in [-0.4, -0.2) is 12.1 Å². The Bertz CT molecular complexity index is 786. The van der Waals surface area contributed by atoms with Crippen molar-refractivity contribution >= 4 is 0 Å². The molecule has 1 aromatic carbocycles. The van der Waals surface area contributed by atoms with E-state index in [0.29, 0.717) is 29.0 Å². The highest BCUT2D eigenvalue weighted by Gasteiger charge is 2.37. The summed E-state index contributed by atoms with van der Waals surface area (Å²) in [5.41, 5.74) is 2.81. The van der Waals surface area contributed by atoms with Gasteiger partial charge in [-0.05, 0) is 53.4 Å². The molecule has 2 nitrogen and oxygen atoms in total. The van der Waals surface area contributed by atoms with Gasteiger partial charge in [-0.2, -0.15) is 0 Å². The van der Waals surface area contributed by atoms with Gasteiger partial charge in [-0.1, -0.05) is 33.3 Å². The summed E-state index contributed by atoms with van der Waals surface area (Å²) in [4.78, 5) is 3.90. The zero-order valence-corrected chi connectivity index (χ0v) is 15.3. The molecule has 25 heavy (non-hydrogen) atoms. The molecule has 1 unspecified atom stereocenters. The first kappa shape index (κ1) is 17.8.